The van der Waals surface area contributed by atoms with E-state index in [-0.39, 0.29) is 22.8 Å². The van der Waals surface area contributed by atoms with Gasteiger partial charge in [0.2, 0.25) is 0 Å². The van der Waals surface area contributed by atoms with Crippen molar-refractivity contribution in [3.63, 3.8) is 0 Å². The van der Waals surface area contributed by atoms with Gasteiger partial charge in [0.1, 0.15) is 11.5 Å². The number of ether oxygens (including phenoxy) is 2. The summed E-state index contributed by atoms with van der Waals surface area (Å²) in [7, 11) is 5.24. The number of nitrogens with one attached hydrogen (secondary N) is 2. The third kappa shape index (κ3) is 8.37. The highest BCUT2D eigenvalue weighted by Crippen LogP contribution is 2.28. The van der Waals surface area contributed by atoms with Crippen molar-refractivity contribution in [3.05, 3.63) is 131 Å². The molecule has 4 aromatic carbocycles. The quantitative estimate of drug-likeness (QED) is 0.0895. The van der Waals surface area contributed by atoms with Crippen molar-refractivity contribution in [1.82, 2.24) is 10.7 Å². The van der Waals surface area contributed by atoms with Gasteiger partial charge >= 0.3 is 5.97 Å². The average molecular weight is 581 g/mol. The van der Waals surface area contributed by atoms with Gasteiger partial charge in [-0.1, -0.05) is 36.4 Å². The fourth-order valence-corrected chi connectivity index (χ4v) is 3.83. The lowest BCUT2D eigenvalue weighted by Gasteiger charge is -2.13. The molecule has 0 fully saturated rings. The van der Waals surface area contributed by atoms with Crippen LogP contribution in [0, 0.1) is 5.82 Å². The molecule has 0 radical (unpaired) electrons. The third-order valence-corrected chi connectivity index (χ3v) is 6.08. The minimum atomic E-state index is -0.750. The van der Waals surface area contributed by atoms with Gasteiger partial charge < -0.3 is 19.7 Å². The summed E-state index contributed by atoms with van der Waals surface area (Å²) >= 11 is 0. The van der Waals surface area contributed by atoms with Gasteiger partial charge in [-0.2, -0.15) is 5.10 Å². The molecule has 0 aromatic heterocycles. The van der Waals surface area contributed by atoms with Crippen LogP contribution in [0.4, 0.5) is 10.1 Å². The SMILES string of the molecule is COc1cc(C=NNC(=O)C(=Cc2ccc(N(C)C)cc2)NC(=O)c2ccccc2)ccc1OC(=O)c1cccc(F)c1. The van der Waals surface area contributed by atoms with Crippen LogP contribution in [0.5, 0.6) is 11.5 Å². The lowest BCUT2D eigenvalue weighted by Crippen LogP contribution is -2.32. The van der Waals surface area contributed by atoms with Crippen LogP contribution in [0.25, 0.3) is 6.08 Å². The standard InChI is InChI=1S/C33H29FN4O5/c1-38(2)27-15-12-22(13-16-27)18-28(36-31(39)24-8-5-4-6-9-24)32(40)37-35-21-23-14-17-29(30(19-23)42-3)43-33(41)25-10-7-11-26(34)20-25/h4-21H,1-3H3,(H,36,39)(H,37,40). The van der Waals surface area contributed by atoms with Crippen LogP contribution in [-0.2, 0) is 4.79 Å². The maximum Gasteiger partial charge on any atom is 0.343 e. The van der Waals surface area contributed by atoms with Crippen LogP contribution in [-0.4, -0.2) is 45.2 Å². The van der Waals surface area contributed by atoms with E-state index in [4.69, 9.17) is 9.47 Å². The molecule has 4 rings (SSSR count). The second-order valence-electron chi connectivity index (χ2n) is 9.37. The molecule has 0 unspecified atom stereocenters. The topological polar surface area (TPSA) is 109 Å². The molecular formula is C33H29FN4O5. The first-order chi connectivity index (χ1) is 20.7. The van der Waals surface area contributed by atoms with E-state index in [1.165, 1.54) is 37.6 Å². The molecule has 0 aliphatic heterocycles. The Bertz CT molecular complexity index is 1670. The molecule has 0 bridgehead atoms. The van der Waals surface area contributed by atoms with Gasteiger partial charge in [0.05, 0.1) is 18.9 Å². The highest BCUT2D eigenvalue weighted by molar-refractivity contribution is 6.05. The van der Waals surface area contributed by atoms with E-state index < -0.39 is 23.6 Å². The molecule has 9 nitrogen and oxygen atoms in total. The lowest BCUT2D eigenvalue weighted by atomic mass is 10.1. The maximum absolute atomic E-state index is 13.5. The van der Waals surface area contributed by atoms with Crippen molar-refractivity contribution in [2.45, 2.75) is 0 Å². The van der Waals surface area contributed by atoms with Gasteiger partial charge in [-0.05, 0) is 77.9 Å². The first-order valence-corrected chi connectivity index (χ1v) is 13.1. The Morgan fingerprint density at radius 1 is 0.814 bits per heavy atom. The highest BCUT2D eigenvalue weighted by Gasteiger charge is 2.16. The van der Waals surface area contributed by atoms with Gasteiger partial charge in [-0.15, -0.1) is 0 Å². The van der Waals surface area contributed by atoms with Crippen LogP contribution in [0.15, 0.2) is 108 Å². The molecule has 0 spiro atoms. The number of anilines is 1. The number of carbonyl (C=O) groups is 3. The number of esters is 1. The summed E-state index contributed by atoms with van der Waals surface area (Å²) in [6.45, 7) is 0. The monoisotopic (exact) mass is 580 g/mol. The smallest absolute Gasteiger partial charge is 0.343 e. The van der Waals surface area contributed by atoms with Crippen LogP contribution < -0.4 is 25.1 Å². The van der Waals surface area contributed by atoms with Crippen LogP contribution in [0.3, 0.4) is 0 Å². The molecule has 218 valence electrons. The van der Waals surface area contributed by atoms with Gasteiger partial charge in [-0.25, -0.2) is 14.6 Å². The molecule has 10 heteroatoms. The van der Waals surface area contributed by atoms with Crippen molar-refractivity contribution in [2.24, 2.45) is 5.10 Å². The number of hydrogen-bond acceptors (Lipinski definition) is 7. The number of carbonyl (C=O) groups excluding carboxylic acids is 3. The predicted molar refractivity (Wildman–Crippen MR) is 163 cm³/mol. The van der Waals surface area contributed by atoms with E-state index in [9.17, 15) is 18.8 Å². The molecule has 0 aliphatic carbocycles. The Morgan fingerprint density at radius 3 is 2.19 bits per heavy atom. The zero-order chi connectivity index (χ0) is 30.8. The van der Waals surface area contributed by atoms with Crippen molar-refractivity contribution < 1.29 is 28.2 Å². The molecule has 4 aromatic rings. The Balaban J connectivity index is 1.49. The van der Waals surface area contributed by atoms with E-state index >= 15 is 0 Å². The minimum absolute atomic E-state index is 0.0132. The molecule has 0 atom stereocenters. The largest absolute Gasteiger partial charge is 0.493 e. The van der Waals surface area contributed by atoms with Crippen molar-refractivity contribution in [1.29, 1.82) is 0 Å². The third-order valence-electron chi connectivity index (χ3n) is 6.08. The lowest BCUT2D eigenvalue weighted by molar-refractivity contribution is -0.117. The number of amides is 2. The van der Waals surface area contributed by atoms with Gasteiger partial charge in [-0.3, -0.25) is 9.59 Å². The fourth-order valence-electron chi connectivity index (χ4n) is 3.83. The number of nitrogens with zero attached hydrogens (tertiary/aromatic N) is 2. The Morgan fingerprint density at radius 2 is 1.51 bits per heavy atom. The zero-order valence-corrected chi connectivity index (χ0v) is 23.7. The molecule has 2 N–H and O–H groups in total. The van der Waals surface area contributed by atoms with E-state index in [0.717, 1.165) is 11.8 Å². The van der Waals surface area contributed by atoms with Crippen molar-refractivity contribution in [2.75, 3.05) is 26.1 Å². The number of hydrogen-bond donors (Lipinski definition) is 2. The van der Waals surface area contributed by atoms with Crippen molar-refractivity contribution >= 4 is 35.8 Å². The summed E-state index contributed by atoms with van der Waals surface area (Å²) in [4.78, 5) is 40.3. The summed E-state index contributed by atoms with van der Waals surface area (Å²) in [5.74, 6) is -2.08. The molecule has 0 aliphatic rings. The van der Waals surface area contributed by atoms with Gasteiger partial charge in [0.25, 0.3) is 11.8 Å². The molecule has 0 heterocycles. The Labute approximate surface area is 248 Å². The number of rotatable bonds is 10. The zero-order valence-electron chi connectivity index (χ0n) is 23.7. The maximum atomic E-state index is 13.5. The van der Waals surface area contributed by atoms with Crippen LogP contribution in [0.1, 0.15) is 31.8 Å². The molecule has 0 saturated heterocycles. The molecule has 0 saturated carbocycles. The minimum Gasteiger partial charge on any atom is -0.493 e. The Hall–Kier alpha value is -5.77. The van der Waals surface area contributed by atoms with Gasteiger partial charge in [0, 0.05) is 25.3 Å². The summed E-state index contributed by atoms with van der Waals surface area (Å²) in [6, 6.07) is 25.7. The second-order valence-corrected chi connectivity index (χ2v) is 9.37. The van der Waals surface area contributed by atoms with E-state index in [2.05, 4.69) is 15.8 Å². The average Bonchev–Trinajstić information content (AvgIpc) is 3.01. The Kier molecular flexibility index (Phi) is 9.99. The van der Waals surface area contributed by atoms with Crippen LogP contribution in [0.2, 0.25) is 0 Å². The molecular weight excluding hydrogens is 551 g/mol. The van der Waals surface area contributed by atoms with E-state index in [1.807, 2.05) is 43.3 Å². The van der Waals surface area contributed by atoms with E-state index in [0.29, 0.717) is 16.7 Å². The van der Waals surface area contributed by atoms with E-state index in [1.54, 1.807) is 48.5 Å². The molecule has 2 amide bonds. The summed E-state index contributed by atoms with van der Waals surface area (Å²) in [6.07, 6.45) is 2.91. The normalized spacial score (nSPS) is 11.1. The molecule has 43 heavy (non-hydrogen) atoms. The number of halogens is 1. The summed E-state index contributed by atoms with van der Waals surface area (Å²) < 4.78 is 24.2. The number of hydrazone groups is 1. The first kappa shape index (κ1) is 30.2. The number of methoxy groups -OCH3 is 1. The summed E-state index contributed by atoms with van der Waals surface area (Å²) in [5.41, 5.74) is 5.04. The second kappa shape index (κ2) is 14.2. The summed E-state index contributed by atoms with van der Waals surface area (Å²) in [5, 5.41) is 6.68. The number of benzene rings is 4. The fraction of sp³-hybridized carbons (Fsp3) is 0.0909. The first-order valence-electron chi connectivity index (χ1n) is 13.1. The van der Waals surface area contributed by atoms with Gasteiger partial charge in [0.15, 0.2) is 11.5 Å². The highest BCUT2D eigenvalue weighted by atomic mass is 19.1. The predicted octanol–water partition coefficient (Wildman–Crippen LogP) is 5.04. The van der Waals surface area contributed by atoms with Crippen molar-refractivity contribution in [3.8, 4) is 11.5 Å². The van der Waals surface area contributed by atoms with Crippen LogP contribution >= 0.6 is 0 Å².